The summed E-state index contributed by atoms with van der Waals surface area (Å²) < 4.78 is 0. The number of aromatic nitrogens is 1. The minimum Gasteiger partial charge on any atom is -0.506 e. The van der Waals surface area contributed by atoms with E-state index >= 15 is 0 Å². The Kier molecular flexibility index (Phi) is 0.572. The Morgan fingerprint density at radius 1 is 1.83 bits per heavy atom. The Morgan fingerprint density at radius 3 is 2.83 bits per heavy atom. The molecule has 31 valence electrons. The lowest BCUT2D eigenvalue weighted by atomic mass is 10.6. The Labute approximate surface area is 35.4 Å². The molecule has 1 rings (SSSR count). The first-order valence-electron chi connectivity index (χ1n) is 1.63. The van der Waals surface area contributed by atoms with Gasteiger partial charge in [0, 0.05) is 12.3 Å². The first-order valence-corrected chi connectivity index (χ1v) is 1.63. The summed E-state index contributed by atoms with van der Waals surface area (Å²) in [6, 6.07) is 1.46. The third-order valence-electron chi connectivity index (χ3n) is 0.523. The van der Waals surface area contributed by atoms with E-state index < -0.39 is 0 Å². The van der Waals surface area contributed by atoms with E-state index in [-0.39, 0.29) is 5.75 Å². The van der Waals surface area contributed by atoms with Crippen molar-refractivity contribution in [2.45, 2.75) is 0 Å². The van der Waals surface area contributed by atoms with E-state index in [1.165, 1.54) is 12.3 Å². The number of aromatic hydroxyl groups is 1. The van der Waals surface area contributed by atoms with Crippen molar-refractivity contribution in [3.05, 3.63) is 18.5 Å². The first-order chi connectivity index (χ1) is 2.89. The van der Waals surface area contributed by atoms with Crippen LogP contribution in [0.3, 0.4) is 0 Å². The van der Waals surface area contributed by atoms with Crippen LogP contribution in [-0.4, -0.2) is 10.1 Å². The van der Waals surface area contributed by atoms with Gasteiger partial charge in [-0.1, -0.05) is 0 Å². The van der Waals surface area contributed by atoms with E-state index in [1.54, 1.807) is 0 Å². The molecule has 0 atom stereocenters. The molecular formula is C4H4NO. The average molecular weight is 82.1 g/mol. The van der Waals surface area contributed by atoms with Crippen molar-refractivity contribution >= 4 is 0 Å². The fourth-order valence-electron chi connectivity index (χ4n) is 0.273. The molecule has 0 spiro atoms. The van der Waals surface area contributed by atoms with Crippen LogP contribution in [0.25, 0.3) is 0 Å². The molecule has 0 saturated carbocycles. The van der Waals surface area contributed by atoms with Crippen LogP contribution in [0.15, 0.2) is 12.3 Å². The van der Waals surface area contributed by atoms with Crippen LogP contribution in [0.1, 0.15) is 0 Å². The van der Waals surface area contributed by atoms with Crippen LogP contribution >= 0.6 is 0 Å². The summed E-state index contributed by atoms with van der Waals surface area (Å²) in [5.74, 6) is 0.231. The Hall–Kier alpha value is -0.920. The molecule has 0 unspecified atom stereocenters. The van der Waals surface area contributed by atoms with E-state index in [0.717, 1.165) is 0 Å². The van der Waals surface area contributed by atoms with Crippen LogP contribution in [0.2, 0.25) is 0 Å². The standard InChI is InChI=1S/C4H4NO/c6-4-1-2-5-3-4/h1,3,5-6H. The fraction of sp³-hybridized carbons (Fsp3) is 0. The van der Waals surface area contributed by atoms with Crippen molar-refractivity contribution in [2.24, 2.45) is 0 Å². The lowest BCUT2D eigenvalue weighted by Gasteiger charge is -1.67. The number of nitrogens with one attached hydrogen (secondary N) is 1. The van der Waals surface area contributed by atoms with Crippen LogP contribution in [0.4, 0.5) is 0 Å². The van der Waals surface area contributed by atoms with Crippen LogP contribution in [-0.2, 0) is 0 Å². The zero-order valence-corrected chi connectivity index (χ0v) is 3.10. The van der Waals surface area contributed by atoms with Gasteiger partial charge in [-0.25, -0.2) is 0 Å². The molecule has 0 aromatic carbocycles. The molecule has 0 fully saturated rings. The number of rotatable bonds is 0. The molecule has 2 heteroatoms. The van der Waals surface area contributed by atoms with E-state index in [4.69, 9.17) is 5.11 Å². The summed E-state index contributed by atoms with van der Waals surface area (Å²) in [6.45, 7) is 0. The first kappa shape index (κ1) is 3.28. The summed E-state index contributed by atoms with van der Waals surface area (Å²) in [7, 11) is 0. The highest BCUT2D eigenvalue weighted by molar-refractivity contribution is 5.11. The topological polar surface area (TPSA) is 36.0 Å². The minimum absolute atomic E-state index is 0.231. The summed E-state index contributed by atoms with van der Waals surface area (Å²) >= 11 is 0. The van der Waals surface area contributed by atoms with Gasteiger partial charge in [-0.2, -0.15) is 0 Å². The van der Waals surface area contributed by atoms with Gasteiger partial charge in [-0.15, -0.1) is 0 Å². The molecule has 1 aromatic heterocycles. The zero-order chi connectivity index (χ0) is 4.41. The van der Waals surface area contributed by atoms with E-state index in [0.29, 0.717) is 0 Å². The lowest BCUT2D eigenvalue weighted by Crippen LogP contribution is -1.44. The van der Waals surface area contributed by atoms with Crippen molar-refractivity contribution in [3.63, 3.8) is 0 Å². The van der Waals surface area contributed by atoms with Gasteiger partial charge in [0.15, 0.2) is 0 Å². The van der Waals surface area contributed by atoms with Gasteiger partial charge in [0.1, 0.15) is 5.75 Å². The second kappa shape index (κ2) is 1.05. The maximum absolute atomic E-state index is 8.41. The average Bonchev–Trinajstić information content (AvgIpc) is 1.86. The number of aromatic amines is 1. The number of hydrogen-bond donors (Lipinski definition) is 2. The number of hydrogen-bond acceptors (Lipinski definition) is 1. The fourth-order valence-corrected chi connectivity index (χ4v) is 0.273. The monoisotopic (exact) mass is 82.0 g/mol. The van der Waals surface area contributed by atoms with Gasteiger partial charge in [0.05, 0.1) is 6.20 Å². The number of H-pyrrole nitrogens is 1. The highest BCUT2D eigenvalue weighted by Crippen LogP contribution is 2.00. The highest BCUT2D eigenvalue weighted by atomic mass is 16.3. The quantitative estimate of drug-likeness (QED) is 0.470. The molecule has 0 amide bonds. The van der Waals surface area contributed by atoms with Gasteiger partial charge in [0.25, 0.3) is 0 Å². The molecular weight excluding hydrogens is 78.0 g/mol. The van der Waals surface area contributed by atoms with Gasteiger partial charge in [0.2, 0.25) is 0 Å². The van der Waals surface area contributed by atoms with Gasteiger partial charge >= 0.3 is 0 Å². The molecule has 0 bridgehead atoms. The predicted octanol–water partition coefficient (Wildman–Crippen LogP) is 0.520. The van der Waals surface area contributed by atoms with Crippen molar-refractivity contribution in [2.75, 3.05) is 0 Å². The molecule has 0 aliphatic heterocycles. The largest absolute Gasteiger partial charge is 0.506 e. The van der Waals surface area contributed by atoms with Crippen molar-refractivity contribution in [1.29, 1.82) is 0 Å². The van der Waals surface area contributed by atoms with Crippen LogP contribution < -0.4 is 0 Å². The maximum Gasteiger partial charge on any atom is 0.133 e. The molecule has 1 aromatic rings. The molecule has 0 aliphatic rings. The molecule has 0 saturated heterocycles. The summed E-state index contributed by atoms with van der Waals surface area (Å²) in [4.78, 5) is 2.55. The zero-order valence-electron chi connectivity index (χ0n) is 3.10. The Balaban J connectivity index is 3.05. The highest BCUT2D eigenvalue weighted by Gasteiger charge is 1.77. The molecule has 6 heavy (non-hydrogen) atoms. The second-order valence-electron chi connectivity index (χ2n) is 1.00. The molecule has 0 aliphatic carbocycles. The van der Waals surface area contributed by atoms with Crippen LogP contribution in [0, 0.1) is 6.20 Å². The Morgan fingerprint density at radius 2 is 2.67 bits per heavy atom. The third kappa shape index (κ3) is 0.360. The molecule has 1 radical (unpaired) electrons. The summed E-state index contributed by atoms with van der Waals surface area (Å²) in [5, 5.41) is 8.41. The lowest BCUT2D eigenvalue weighted by molar-refractivity contribution is 0.476. The van der Waals surface area contributed by atoms with E-state index in [1.807, 2.05) is 0 Å². The minimum atomic E-state index is 0.231. The van der Waals surface area contributed by atoms with Crippen LogP contribution in [0.5, 0.6) is 5.75 Å². The molecule has 1 heterocycles. The van der Waals surface area contributed by atoms with Crippen molar-refractivity contribution in [1.82, 2.24) is 4.98 Å². The normalized spacial score (nSPS) is 8.67. The summed E-state index contributed by atoms with van der Waals surface area (Å²) in [5.41, 5.74) is 0. The van der Waals surface area contributed by atoms with Crippen molar-refractivity contribution < 1.29 is 5.11 Å². The summed E-state index contributed by atoms with van der Waals surface area (Å²) in [6.07, 6.45) is 4.01. The SMILES string of the molecule is Oc1c[c][nH]c1. The Bertz CT molecular complexity index is 111. The maximum atomic E-state index is 8.41. The smallest absolute Gasteiger partial charge is 0.133 e. The van der Waals surface area contributed by atoms with Gasteiger partial charge in [-0.3, -0.25) is 0 Å². The second-order valence-corrected chi connectivity index (χ2v) is 1.00. The molecule has 2 N–H and O–H groups in total. The van der Waals surface area contributed by atoms with Crippen molar-refractivity contribution in [3.8, 4) is 5.75 Å². The van der Waals surface area contributed by atoms with Gasteiger partial charge < -0.3 is 10.1 Å². The van der Waals surface area contributed by atoms with E-state index in [2.05, 4.69) is 11.2 Å². The van der Waals surface area contributed by atoms with E-state index in [9.17, 15) is 0 Å². The third-order valence-corrected chi connectivity index (χ3v) is 0.523. The van der Waals surface area contributed by atoms with Gasteiger partial charge in [-0.05, 0) is 0 Å². The molecule has 2 nitrogen and oxygen atoms in total. The predicted molar refractivity (Wildman–Crippen MR) is 21.3 cm³/mol.